The van der Waals surface area contributed by atoms with Crippen molar-refractivity contribution < 1.29 is 19.4 Å². The predicted octanol–water partition coefficient (Wildman–Crippen LogP) is 0.0711. The Hall–Kier alpha value is -1.10. The zero-order valence-corrected chi connectivity index (χ0v) is 9.61. The largest absolute Gasteiger partial charge is 0.467 e. The molecule has 0 aliphatic carbocycles. The molecule has 0 aliphatic rings. The molecule has 0 aromatic carbocycles. The molecule has 5 heteroatoms. The number of rotatable bonds is 5. The highest BCUT2D eigenvalue weighted by molar-refractivity contribution is 5.86. The van der Waals surface area contributed by atoms with Crippen molar-refractivity contribution in [3.63, 3.8) is 0 Å². The Balaban J connectivity index is 4.51. The van der Waals surface area contributed by atoms with Crippen LogP contribution in [0.1, 0.15) is 27.2 Å². The maximum atomic E-state index is 11.4. The van der Waals surface area contributed by atoms with Crippen molar-refractivity contribution in [1.82, 2.24) is 5.32 Å². The summed E-state index contributed by atoms with van der Waals surface area (Å²) in [4.78, 5) is 22.6. The van der Waals surface area contributed by atoms with E-state index >= 15 is 0 Å². The molecule has 0 bridgehead atoms. The van der Waals surface area contributed by atoms with Crippen molar-refractivity contribution in [3.05, 3.63) is 0 Å². The molecular weight excluding hydrogens is 198 g/mol. The summed E-state index contributed by atoms with van der Waals surface area (Å²) in [5.74, 6) is -1.08. The fourth-order valence-corrected chi connectivity index (χ4v) is 1.07. The summed E-state index contributed by atoms with van der Waals surface area (Å²) >= 11 is 0. The number of carbonyl (C=O) groups excluding carboxylic acids is 2. The molecule has 0 heterocycles. The molecule has 0 radical (unpaired) electrons. The molecule has 15 heavy (non-hydrogen) atoms. The Bertz CT molecular complexity index is 227. The fourth-order valence-electron chi connectivity index (χ4n) is 1.07. The van der Waals surface area contributed by atoms with Crippen LogP contribution in [0.25, 0.3) is 0 Å². The van der Waals surface area contributed by atoms with Crippen molar-refractivity contribution in [3.8, 4) is 0 Å². The molecule has 1 amide bonds. The number of aliphatic hydroxyl groups is 1. The highest BCUT2D eigenvalue weighted by atomic mass is 16.5. The summed E-state index contributed by atoms with van der Waals surface area (Å²) in [6.45, 7) is 5.10. The van der Waals surface area contributed by atoms with Crippen LogP contribution in [0.4, 0.5) is 0 Å². The maximum absolute atomic E-state index is 11.4. The number of aliphatic hydroxyl groups excluding tert-OH is 1. The summed E-state index contributed by atoms with van der Waals surface area (Å²) in [6, 6.07) is -0.693. The average Bonchev–Trinajstić information content (AvgIpc) is 2.23. The molecule has 0 saturated carbocycles. The van der Waals surface area contributed by atoms with E-state index in [2.05, 4.69) is 10.1 Å². The summed E-state index contributed by atoms with van der Waals surface area (Å²) in [5, 5.41) is 11.5. The van der Waals surface area contributed by atoms with Gasteiger partial charge in [0.2, 0.25) is 5.91 Å². The van der Waals surface area contributed by atoms with Crippen molar-refractivity contribution in [2.75, 3.05) is 7.11 Å². The van der Waals surface area contributed by atoms with Crippen LogP contribution < -0.4 is 5.32 Å². The van der Waals surface area contributed by atoms with E-state index in [1.165, 1.54) is 14.0 Å². The van der Waals surface area contributed by atoms with Crippen LogP contribution in [0.3, 0.4) is 0 Å². The first-order valence-corrected chi connectivity index (χ1v) is 5.00. The highest BCUT2D eigenvalue weighted by Crippen LogP contribution is 2.09. The molecule has 3 unspecified atom stereocenters. The van der Waals surface area contributed by atoms with Gasteiger partial charge in [-0.05, 0) is 12.8 Å². The van der Waals surface area contributed by atoms with Gasteiger partial charge in [0, 0.05) is 0 Å². The second-order valence-corrected chi connectivity index (χ2v) is 3.57. The van der Waals surface area contributed by atoms with E-state index in [9.17, 15) is 9.59 Å². The second-order valence-electron chi connectivity index (χ2n) is 3.57. The maximum Gasteiger partial charge on any atom is 0.328 e. The van der Waals surface area contributed by atoms with E-state index in [4.69, 9.17) is 5.11 Å². The summed E-state index contributed by atoms with van der Waals surface area (Å²) in [5.41, 5.74) is 0. The normalized spacial score (nSPS) is 16.3. The molecular formula is C10H19NO4. The first-order chi connectivity index (χ1) is 6.93. The molecule has 88 valence electrons. The Kier molecular flexibility index (Phi) is 5.93. The van der Waals surface area contributed by atoms with Gasteiger partial charge in [-0.3, -0.25) is 4.79 Å². The first-order valence-electron chi connectivity index (χ1n) is 5.00. The van der Waals surface area contributed by atoms with Gasteiger partial charge >= 0.3 is 5.97 Å². The van der Waals surface area contributed by atoms with Gasteiger partial charge in [0.25, 0.3) is 0 Å². The quantitative estimate of drug-likeness (QED) is 0.639. The van der Waals surface area contributed by atoms with Gasteiger partial charge in [0.1, 0.15) is 12.1 Å². The summed E-state index contributed by atoms with van der Waals surface area (Å²) in [7, 11) is 1.27. The average molecular weight is 217 g/mol. The predicted molar refractivity (Wildman–Crippen MR) is 55.1 cm³/mol. The lowest BCUT2D eigenvalue weighted by molar-refractivity contribution is -0.147. The molecule has 0 aliphatic heterocycles. The lowest BCUT2D eigenvalue weighted by Crippen LogP contribution is -2.48. The van der Waals surface area contributed by atoms with Crippen LogP contribution >= 0.6 is 0 Å². The Morgan fingerprint density at radius 2 is 1.93 bits per heavy atom. The number of hydrogen-bond acceptors (Lipinski definition) is 4. The van der Waals surface area contributed by atoms with Gasteiger partial charge in [0.05, 0.1) is 7.11 Å². The van der Waals surface area contributed by atoms with Gasteiger partial charge < -0.3 is 15.2 Å². The van der Waals surface area contributed by atoms with Crippen molar-refractivity contribution in [2.24, 2.45) is 5.92 Å². The standard InChI is InChI=1S/C10H19NO4/c1-5-6(2)8(10(14)15-4)11-9(13)7(3)12/h6-8,12H,5H2,1-4H3,(H,11,13). The fraction of sp³-hybridized carbons (Fsp3) is 0.800. The van der Waals surface area contributed by atoms with Crippen LogP contribution in [0.5, 0.6) is 0 Å². The molecule has 5 nitrogen and oxygen atoms in total. The number of ether oxygens (including phenoxy) is 1. The van der Waals surface area contributed by atoms with Crippen LogP contribution in [0.2, 0.25) is 0 Å². The third kappa shape index (κ3) is 4.29. The Morgan fingerprint density at radius 3 is 2.27 bits per heavy atom. The smallest absolute Gasteiger partial charge is 0.328 e. The highest BCUT2D eigenvalue weighted by Gasteiger charge is 2.27. The van der Waals surface area contributed by atoms with Crippen molar-refractivity contribution in [2.45, 2.75) is 39.3 Å². The Morgan fingerprint density at radius 1 is 1.40 bits per heavy atom. The zero-order chi connectivity index (χ0) is 12.0. The van der Waals surface area contributed by atoms with Crippen molar-refractivity contribution >= 4 is 11.9 Å². The molecule has 0 aromatic heterocycles. The molecule has 0 fully saturated rings. The van der Waals surface area contributed by atoms with Crippen LogP contribution in [0.15, 0.2) is 0 Å². The van der Waals surface area contributed by atoms with Gasteiger partial charge in [0.15, 0.2) is 0 Å². The topological polar surface area (TPSA) is 75.6 Å². The molecule has 0 aromatic rings. The molecule has 3 atom stereocenters. The summed E-state index contributed by atoms with van der Waals surface area (Å²) in [6.07, 6.45) is -0.388. The molecule has 0 saturated heterocycles. The van der Waals surface area contributed by atoms with Crippen LogP contribution in [-0.2, 0) is 14.3 Å². The van der Waals surface area contributed by atoms with Crippen LogP contribution in [-0.4, -0.2) is 36.2 Å². The van der Waals surface area contributed by atoms with Gasteiger partial charge in [-0.15, -0.1) is 0 Å². The number of methoxy groups -OCH3 is 1. The second kappa shape index (κ2) is 6.40. The minimum atomic E-state index is -1.12. The zero-order valence-electron chi connectivity index (χ0n) is 9.61. The van der Waals surface area contributed by atoms with Gasteiger partial charge in [-0.25, -0.2) is 4.79 Å². The minimum absolute atomic E-state index is 0.0276. The van der Waals surface area contributed by atoms with E-state index in [0.717, 1.165) is 6.42 Å². The third-order valence-electron chi connectivity index (χ3n) is 2.35. The lowest BCUT2D eigenvalue weighted by atomic mass is 9.99. The van der Waals surface area contributed by atoms with E-state index in [0.29, 0.717) is 0 Å². The first kappa shape index (κ1) is 13.9. The van der Waals surface area contributed by atoms with E-state index in [1.54, 1.807) is 0 Å². The third-order valence-corrected chi connectivity index (χ3v) is 2.35. The number of amides is 1. The molecule has 2 N–H and O–H groups in total. The number of nitrogens with one attached hydrogen (secondary N) is 1. The van der Waals surface area contributed by atoms with E-state index < -0.39 is 24.0 Å². The number of hydrogen-bond donors (Lipinski definition) is 2. The van der Waals surface area contributed by atoms with E-state index in [-0.39, 0.29) is 5.92 Å². The molecule has 0 spiro atoms. The van der Waals surface area contributed by atoms with Gasteiger partial charge in [-0.2, -0.15) is 0 Å². The van der Waals surface area contributed by atoms with Crippen molar-refractivity contribution in [1.29, 1.82) is 0 Å². The number of carbonyl (C=O) groups is 2. The van der Waals surface area contributed by atoms with Crippen LogP contribution in [0, 0.1) is 5.92 Å². The SMILES string of the molecule is CCC(C)C(NC(=O)C(C)O)C(=O)OC. The Labute approximate surface area is 89.8 Å². The molecule has 0 rings (SSSR count). The minimum Gasteiger partial charge on any atom is -0.467 e. The van der Waals surface area contributed by atoms with Gasteiger partial charge in [-0.1, -0.05) is 20.3 Å². The van der Waals surface area contributed by atoms with E-state index in [1.807, 2.05) is 13.8 Å². The number of esters is 1. The summed E-state index contributed by atoms with van der Waals surface area (Å²) < 4.78 is 4.58. The lowest BCUT2D eigenvalue weighted by Gasteiger charge is -2.22. The monoisotopic (exact) mass is 217 g/mol.